The van der Waals surface area contributed by atoms with Crippen LogP contribution in [0.15, 0.2) is 30.3 Å². The molecule has 0 saturated heterocycles. The van der Waals surface area contributed by atoms with Crippen LogP contribution >= 0.6 is 12.6 Å². The Balaban J connectivity index is 3.50. The van der Waals surface area contributed by atoms with Gasteiger partial charge in [-0.1, -0.05) is 30.3 Å². The summed E-state index contributed by atoms with van der Waals surface area (Å²) in [6, 6.07) is 8.69. The van der Waals surface area contributed by atoms with E-state index in [-0.39, 0.29) is 12.2 Å². The minimum Gasteiger partial charge on any atom is -0.479 e. The Labute approximate surface area is 171 Å². The number of rotatable bonds is 5. The van der Waals surface area contributed by atoms with Crippen LogP contribution in [0.4, 0.5) is 9.59 Å². The lowest BCUT2D eigenvalue weighted by Gasteiger charge is -2.39. The van der Waals surface area contributed by atoms with Crippen molar-refractivity contribution in [2.45, 2.75) is 64.7 Å². The summed E-state index contributed by atoms with van der Waals surface area (Å²) in [6.07, 6.45) is -2.35. The van der Waals surface area contributed by atoms with Gasteiger partial charge in [0.2, 0.25) is 0 Å². The zero-order valence-electron chi connectivity index (χ0n) is 17.2. The van der Waals surface area contributed by atoms with Crippen molar-refractivity contribution in [2.24, 2.45) is 0 Å². The fourth-order valence-electron chi connectivity index (χ4n) is 2.42. The van der Waals surface area contributed by atoms with Gasteiger partial charge >= 0.3 is 18.2 Å². The number of thiol groups is 1. The third kappa shape index (κ3) is 6.44. The first-order valence-electron chi connectivity index (χ1n) is 8.86. The van der Waals surface area contributed by atoms with E-state index in [2.05, 4.69) is 12.6 Å². The number of hydrogen-bond acceptors (Lipinski definition) is 6. The summed E-state index contributed by atoms with van der Waals surface area (Å²) in [5.41, 5.74) is -3.25. The van der Waals surface area contributed by atoms with Crippen molar-refractivity contribution in [2.75, 3.05) is 5.75 Å². The highest BCUT2D eigenvalue weighted by Crippen LogP contribution is 2.28. The Morgan fingerprint density at radius 1 is 0.929 bits per heavy atom. The lowest BCUT2D eigenvalue weighted by atomic mass is 9.91. The summed E-state index contributed by atoms with van der Waals surface area (Å²) in [6.45, 7) is 9.74. The number of imide groups is 1. The fraction of sp³-hybridized carbons (Fsp3) is 0.550. The maximum Gasteiger partial charge on any atom is 0.420 e. The van der Waals surface area contributed by atoms with Crippen LogP contribution in [0.25, 0.3) is 0 Å². The molecule has 0 spiro atoms. The van der Waals surface area contributed by atoms with Gasteiger partial charge in [-0.25, -0.2) is 14.4 Å². The molecular weight excluding hydrogens is 382 g/mol. The van der Waals surface area contributed by atoms with E-state index >= 15 is 0 Å². The number of carboxylic acids is 1. The third-order valence-electron chi connectivity index (χ3n) is 3.58. The Morgan fingerprint density at radius 3 is 1.68 bits per heavy atom. The molecule has 0 bridgehead atoms. The summed E-state index contributed by atoms with van der Waals surface area (Å²) in [4.78, 5) is 38.6. The van der Waals surface area contributed by atoms with E-state index < -0.39 is 34.9 Å². The monoisotopic (exact) mass is 411 g/mol. The zero-order chi connectivity index (χ0) is 21.8. The summed E-state index contributed by atoms with van der Waals surface area (Å²) >= 11 is 4.18. The maximum atomic E-state index is 12.9. The van der Waals surface area contributed by atoms with Gasteiger partial charge in [-0.2, -0.15) is 17.5 Å². The number of carbonyl (C=O) groups excluding carboxylic acids is 2. The summed E-state index contributed by atoms with van der Waals surface area (Å²) in [5.74, 6) is -1.71. The molecule has 7 nitrogen and oxygen atoms in total. The second kappa shape index (κ2) is 8.86. The summed E-state index contributed by atoms with van der Waals surface area (Å²) in [5, 5.41) is 10.0. The van der Waals surface area contributed by atoms with Crippen LogP contribution in [0.2, 0.25) is 0 Å². The van der Waals surface area contributed by atoms with E-state index in [0.29, 0.717) is 10.5 Å². The average Bonchev–Trinajstić information content (AvgIpc) is 2.51. The quantitative estimate of drug-likeness (QED) is 0.707. The van der Waals surface area contributed by atoms with Crippen LogP contribution in [0, 0.1) is 0 Å². The highest BCUT2D eigenvalue weighted by Gasteiger charge is 2.52. The molecular formula is C20H29NO6S. The van der Waals surface area contributed by atoms with Gasteiger partial charge in [0.1, 0.15) is 11.2 Å². The van der Waals surface area contributed by atoms with E-state index in [9.17, 15) is 19.5 Å². The lowest BCUT2D eigenvalue weighted by Crippen LogP contribution is -2.63. The minimum atomic E-state index is -1.99. The first kappa shape index (κ1) is 23.8. The van der Waals surface area contributed by atoms with Gasteiger partial charge in [-0.3, -0.25) is 0 Å². The molecule has 28 heavy (non-hydrogen) atoms. The third-order valence-corrected chi connectivity index (χ3v) is 4.10. The maximum absolute atomic E-state index is 12.9. The number of hydrogen-bond donors (Lipinski definition) is 2. The second-order valence-corrected chi connectivity index (χ2v) is 8.77. The van der Waals surface area contributed by atoms with Crippen molar-refractivity contribution in [3.05, 3.63) is 35.9 Å². The van der Waals surface area contributed by atoms with Crippen LogP contribution in [0.1, 0.15) is 47.1 Å². The predicted molar refractivity (Wildman–Crippen MR) is 109 cm³/mol. The molecule has 1 rings (SSSR count). The van der Waals surface area contributed by atoms with Crippen molar-refractivity contribution >= 4 is 30.8 Å². The number of ether oxygens (including phenoxy) is 2. The molecule has 0 unspecified atom stereocenters. The van der Waals surface area contributed by atoms with Crippen molar-refractivity contribution in [3.8, 4) is 0 Å². The van der Waals surface area contributed by atoms with E-state index in [1.807, 2.05) is 0 Å². The van der Waals surface area contributed by atoms with Gasteiger partial charge in [-0.15, -0.1) is 0 Å². The largest absolute Gasteiger partial charge is 0.479 e. The van der Waals surface area contributed by atoms with Gasteiger partial charge < -0.3 is 14.6 Å². The van der Waals surface area contributed by atoms with Gasteiger partial charge in [0.05, 0.1) is 0 Å². The molecule has 8 heteroatoms. The molecule has 156 valence electrons. The summed E-state index contributed by atoms with van der Waals surface area (Å²) in [7, 11) is 0. The number of amides is 2. The van der Waals surface area contributed by atoms with Crippen LogP contribution in [0.3, 0.4) is 0 Å². The standard InChI is InChI=1S/C20H29NO6S/c1-18(2,3)26-16(24)21(17(25)27-19(4,5)6)20(13-28,15(22)23)12-14-10-8-7-9-11-14/h7-11,28H,12-13H2,1-6H3,(H,22,23)/t20-/m1/s1. The van der Waals surface area contributed by atoms with E-state index in [1.165, 1.54) is 0 Å². The number of carbonyl (C=O) groups is 3. The molecule has 0 saturated carbocycles. The van der Waals surface area contributed by atoms with Gasteiger partial charge in [0.25, 0.3) is 0 Å². The molecule has 1 aromatic rings. The molecule has 1 aromatic carbocycles. The van der Waals surface area contributed by atoms with Gasteiger partial charge in [0.15, 0.2) is 5.54 Å². The number of aliphatic carboxylic acids is 1. The molecule has 0 fully saturated rings. The van der Waals surface area contributed by atoms with Crippen molar-refractivity contribution in [3.63, 3.8) is 0 Å². The molecule has 0 heterocycles. The van der Waals surface area contributed by atoms with Crippen LogP contribution in [-0.4, -0.2) is 50.7 Å². The molecule has 0 aliphatic heterocycles. The Kier molecular flexibility index (Phi) is 7.53. The second-order valence-electron chi connectivity index (χ2n) is 8.45. The van der Waals surface area contributed by atoms with Crippen molar-refractivity contribution < 1.29 is 29.0 Å². The topological polar surface area (TPSA) is 93.1 Å². The number of nitrogens with zero attached hydrogens (tertiary/aromatic N) is 1. The highest BCUT2D eigenvalue weighted by molar-refractivity contribution is 7.80. The molecule has 0 aromatic heterocycles. The van der Waals surface area contributed by atoms with Crippen LogP contribution in [-0.2, 0) is 20.7 Å². The van der Waals surface area contributed by atoms with E-state index in [0.717, 1.165) is 0 Å². The van der Waals surface area contributed by atoms with Gasteiger partial charge in [-0.05, 0) is 47.1 Å². The van der Waals surface area contributed by atoms with E-state index in [4.69, 9.17) is 9.47 Å². The highest BCUT2D eigenvalue weighted by atomic mass is 32.1. The molecule has 0 radical (unpaired) electrons. The Bertz CT molecular complexity index is 680. The molecule has 0 aliphatic rings. The van der Waals surface area contributed by atoms with Crippen LogP contribution in [0.5, 0.6) is 0 Å². The van der Waals surface area contributed by atoms with Crippen molar-refractivity contribution in [1.29, 1.82) is 0 Å². The Morgan fingerprint density at radius 2 is 1.36 bits per heavy atom. The van der Waals surface area contributed by atoms with E-state index in [1.54, 1.807) is 71.9 Å². The average molecular weight is 412 g/mol. The SMILES string of the molecule is CC(C)(C)OC(=O)N(C(=O)OC(C)(C)C)[C@@](CS)(Cc1ccccc1)C(=O)O. The number of benzene rings is 1. The zero-order valence-corrected chi connectivity index (χ0v) is 18.1. The minimum absolute atomic E-state index is 0.148. The fourth-order valence-corrected chi connectivity index (χ4v) is 2.81. The molecule has 2 amide bonds. The van der Waals surface area contributed by atoms with Crippen LogP contribution < -0.4 is 0 Å². The predicted octanol–water partition coefficient (Wildman–Crippen LogP) is 4.15. The molecule has 1 N–H and O–H groups in total. The Hall–Kier alpha value is -2.22. The first-order chi connectivity index (χ1) is 12.7. The van der Waals surface area contributed by atoms with Gasteiger partial charge in [0, 0.05) is 12.2 Å². The van der Waals surface area contributed by atoms with Crippen molar-refractivity contribution in [1.82, 2.24) is 4.90 Å². The smallest absolute Gasteiger partial charge is 0.420 e. The normalized spacial score (nSPS) is 14.0. The molecule has 1 atom stereocenters. The molecule has 0 aliphatic carbocycles. The first-order valence-corrected chi connectivity index (χ1v) is 9.49. The number of carboxylic acid groups (broad SMARTS) is 1. The summed E-state index contributed by atoms with van der Waals surface area (Å²) < 4.78 is 10.6. The lowest BCUT2D eigenvalue weighted by molar-refractivity contribution is -0.149.